The Morgan fingerprint density at radius 2 is 2.00 bits per heavy atom. The summed E-state index contributed by atoms with van der Waals surface area (Å²) in [6.45, 7) is 6.68. The summed E-state index contributed by atoms with van der Waals surface area (Å²) in [5.74, 6) is 0. The largest absolute Gasteiger partial charge is 0.392 e. The van der Waals surface area contributed by atoms with Gasteiger partial charge in [0.2, 0.25) is 0 Å². The van der Waals surface area contributed by atoms with Gasteiger partial charge in [0.05, 0.1) is 17.1 Å². The van der Waals surface area contributed by atoms with Crippen LogP contribution in [0.4, 0.5) is 0 Å². The Bertz CT molecular complexity index is 331. The monoisotopic (exact) mass is 313 g/mol. The highest BCUT2D eigenvalue weighted by Gasteiger charge is 2.31. The van der Waals surface area contributed by atoms with E-state index in [-0.39, 0.29) is 0 Å². The van der Waals surface area contributed by atoms with Gasteiger partial charge in [-0.2, -0.15) is 0 Å². The quantitative estimate of drug-likeness (QED) is 0.760. The number of rotatable bonds is 6. The van der Waals surface area contributed by atoms with E-state index in [1.165, 1.54) is 25.7 Å². The Hall–Kier alpha value is -0.230. The second-order valence-corrected chi connectivity index (χ2v) is 6.93. The van der Waals surface area contributed by atoms with Crippen LogP contribution in [-0.2, 0) is 4.74 Å². The molecule has 2 N–H and O–H groups in total. The van der Waals surface area contributed by atoms with Gasteiger partial charge in [-0.15, -0.1) is 0 Å². The van der Waals surface area contributed by atoms with Gasteiger partial charge >= 0.3 is 0 Å². The van der Waals surface area contributed by atoms with Crippen LogP contribution in [0.2, 0.25) is 0 Å². The van der Waals surface area contributed by atoms with Crippen molar-refractivity contribution in [3.05, 3.63) is 0 Å². The minimum Gasteiger partial charge on any atom is -0.392 e. The van der Waals surface area contributed by atoms with Gasteiger partial charge in [-0.25, -0.2) is 0 Å². The molecule has 2 aliphatic rings. The SMILES string of the molecule is CCCC(C(N)=S)N1CCN(C2CCCC(OC)C2)CC1. The molecule has 0 aromatic rings. The van der Waals surface area contributed by atoms with Crippen molar-refractivity contribution in [2.24, 2.45) is 5.73 Å². The van der Waals surface area contributed by atoms with E-state index in [9.17, 15) is 0 Å². The van der Waals surface area contributed by atoms with Crippen molar-refractivity contribution in [3.63, 3.8) is 0 Å². The van der Waals surface area contributed by atoms with Gasteiger partial charge in [-0.05, 0) is 32.1 Å². The molecular formula is C16H31N3OS. The van der Waals surface area contributed by atoms with Gasteiger partial charge in [0.25, 0.3) is 0 Å². The summed E-state index contributed by atoms with van der Waals surface area (Å²) >= 11 is 5.25. The molecule has 1 saturated carbocycles. The molecule has 0 bridgehead atoms. The minimum atomic E-state index is 0.297. The molecule has 1 aliphatic heterocycles. The van der Waals surface area contributed by atoms with Gasteiger partial charge in [0.1, 0.15) is 0 Å². The predicted molar refractivity (Wildman–Crippen MR) is 91.7 cm³/mol. The maximum Gasteiger partial charge on any atom is 0.0902 e. The number of ether oxygens (including phenoxy) is 1. The molecule has 3 atom stereocenters. The molecule has 21 heavy (non-hydrogen) atoms. The molecule has 2 rings (SSSR count). The average molecular weight is 314 g/mol. The molecular weight excluding hydrogens is 282 g/mol. The summed E-state index contributed by atoms with van der Waals surface area (Å²) in [5.41, 5.74) is 5.93. The van der Waals surface area contributed by atoms with Crippen LogP contribution >= 0.6 is 12.2 Å². The lowest BCUT2D eigenvalue weighted by molar-refractivity contribution is 0.00893. The van der Waals surface area contributed by atoms with Crippen molar-refractivity contribution in [2.45, 2.75) is 63.6 Å². The number of hydrogen-bond donors (Lipinski definition) is 1. The van der Waals surface area contributed by atoms with Crippen molar-refractivity contribution in [3.8, 4) is 0 Å². The zero-order valence-corrected chi connectivity index (χ0v) is 14.4. The maximum atomic E-state index is 5.93. The molecule has 2 fully saturated rings. The van der Waals surface area contributed by atoms with E-state index in [2.05, 4.69) is 16.7 Å². The molecule has 1 saturated heterocycles. The highest BCUT2D eigenvalue weighted by Crippen LogP contribution is 2.26. The first-order chi connectivity index (χ1) is 10.2. The van der Waals surface area contributed by atoms with E-state index in [0.29, 0.717) is 23.2 Å². The molecule has 1 aliphatic carbocycles. The van der Waals surface area contributed by atoms with E-state index in [4.69, 9.17) is 22.7 Å². The summed E-state index contributed by atoms with van der Waals surface area (Å²) in [6, 6.07) is 1.01. The number of piperazine rings is 1. The van der Waals surface area contributed by atoms with Crippen molar-refractivity contribution < 1.29 is 4.74 Å². The number of nitrogens with two attached hydrogens (primary N) is 1. The van der Waals surface area contributed by atoms with Gasteiger partial charge in [-0.1, -0.05) is 25.6 Å². The third kappa shape index (κ3) is 4.62. The summed E-state index contributed by atoms with van der Waals surface area (Å²) in [6.07, 6.45) is 7.75. The van der Waals surface area contributed by atoms with E-state index in [0.717, 1.165) is 39.0 Å². The normalized spacial score (nSPS) is 30.2. The van der Waals surface area contributed by atoms with Gasteiger partial charge in [0, 0.05) is 39.3 Å². The topological polar surface area (TPSA) is 41.7 Å². The van der Waals surface area contributed by atoms with E-state index >= 15 is 0 Å². The Morgan fingerprint density at radius 3 is 2.57 bits per heavy atom. The fourth-order valence-electron chi connectivity index (χ4n) is 3.86. The summed E-state index contributed by atoms with van der Waals surface area (Å²) in [4.78, 5) is 5.81. The Kier molecular flexibility index (Phi) is 6.86. The first-order valence-corrected chi connectivity index (χ1v) is 8.86. The molecule has 5 heteroatoms. The second kappa shape index (κ2) is 8.42. The zero-order chi connectivity index (χ0) is 15.2. The van der Waals surface area contributed by atoms with E-state index < -0.39 is 0 Å². The fraction of sp³-hybridized carbons (Fsp3) is 0.938. The number of nitrogens with zero attached hydrogens (tertiary/aromatic N) is 2. The van der Waals surface area contributed by atoms with Gasteiger partial charge in [-0.3, -0.25) is 9.80 Å². The first kappa shape index (κ1) is 17.1. The molecule has 1 heterocycles. The van der Waals surface area contributed by atoms with Crippen molar-refractivity contribution in [1.29, 1.82) is 0 Å². The number of methoxy groups -OCH3 is 1. The van der Waals surface area contributed by atoms with Gasteiger partial charge < -0.3 is 10.5 Å². The molecule has 0 aromatic carbocycles. The molecule has 0 amide bonds. The smallest absolute Gasteiger partial charge is 0.0902 e. The second-order valence-electron chi connectivity index (χ2n) is 6.46. The van der Waals surface area contributed by atoms with Crippen molar-refractivity contribution >= 4 is 17.2 Å². The molecule has 3 unspecified atom stereocenters. The Morgan fingerprint density at radius 1 is 1.29 bits per heavy atom. The van der Waals surface area contributed by atoms with Crippen molar-refractivity contribution in [2.75, 3.05) is 33.3 Å². The van der Waals surface area contributed by atoms with E-state index in [1.54, 1.807) is 0 Å². The third-order valence-corrected chi connectivity index (χ3v) is 5.40. The van der Waals surface area contributed by atoms with Gasteiger partial charge in [0.15, 0.2) is 0 Å². The molecule has 0 aromatic heterocycles. The van der Waals surface area contributed by atoms with Crippen LogP contribution in [-0.4, -0.2) is 66.3 Å². The molecule has 4 nitrogen and oxygen atoms in total. The molecule has 122 valence electrons. The van der Waals surface area contributed by atoms with Crippen LogP contribution in [0, 0.1) is 0 Å². The number of hydrogen-bond acceptors (Lipinski definition) is 4. The van der Waals surface area contributed by atoms with Crippen LogP contribution < -0.4 is 5.73 Å². The van der Waals surface area contributed by atoms with Crippen LogP contribution in [0.15, 0.2) is 0 Å². The number of thiocarbonyl (C=S) groups is 1. The van der Waals surface area contributed by atoms with Crippen molar-refractivity contribution in [1.82, 2.24) is 9.80 Å². The predicted octanol–water partition coefficient (Wildman–Crippen LogP) is 2.02. The summed E-state index contributed by atoms with van der Waals surface area (Å²) < 4.78 is 5.56. The average Bonchev–Trinajstić information content (AvgIpc) is 2.52. The van der Waals surface area contributed by atoms with Crippen LogP contribution in [0.5, 0.6) is 0 Å². The highest BCUT2D eigenvalue weighted by molar-refractivity contribution is 7.80. The minimum absolute atomic E-state index is 0.297. The standard InChI is InChI=1S/C16H31N3OS/c1-3-5-15(16(17)21)19-10-8-18(9-11-19)13-6-4-7-14(12-13)20-2/h13-15H,3-12H2,1-2H3,(H2,17,21). The molecule has 0 radical (unpaired) electrons. The maximum absolute atomic E-state index is 5.93. The highest BCUT2D eigenvalue weighted by atomic mass is 32.1. The summed E-state index contributed by atoms with van der Waals surface area (Å²) in [7, 11) is 1.85. The molecule has 0 spiro atoms. The van der Waals surface area contributed by atoms with E-state index in [1.807, 2.05) is 7.11 Å². The van der Waals surface area contributed by atoms with Crippen LogP contribution in [0.3, 0.4) is 0 Å². The first-order valence-electron chi connectivity index (χ1n) is 8.46. The third-order valence-electron chi connectivity index (χ3n) is 5.13. The lowest BCUT2D eigenvalue weighted by Crippen LogP contribution is -2.56. The fourth-order valence-corrected chi connectivity index (χ4v) is 4.13. The Balaban J connectivity index is 1.83. The lowest BCUT2D eigenvalue weighted by atomic mass is 9.91. The van der Waals surface area contributed by atoms with Crippen LogP contribution in [0.1, 0.15) is 45.4 Å². The van der Waals surface area contributed by atoms with Crippen LogP contribution in [0.25, 0.3) is 0 Å². The lowest BCUT2D eigenvalue weighted by Gasteiger charge is -2.44. The zero-order valence-electron chi connectivity index (χ0n) is 13.6. The Labute approximate surface area is 135 Å². The summed E-state index contributed by atoms with van der Waals surface area (Å²) in [5, 5.41) is 0.